The first-order chi connectivity index (χ1) is 13.9. The van der Waals surface area contributed by atoms with Gasteiger partial charge < -0.3 is 9.64 Å². The average molecular weight is 398 g/mol. The van der Waals surface area contributed by atoms with Gasteiger partial charge >= 0.3 is 0 Å². The number of hydrogen-bond donors (Lipinski definition) is 0. The number of pyridine rings is 1. The molecule has 1 unspecified atom stereocenters. The predicted molar refractivity (Wildman–Crippen MR) is 112 cm³/mol. The van der Waals surface area contributed by atoms with E-state index in [1.54, 1.807) is 0 Å². The molecule has 1 aromatic carbocycles. The number of rotatable bonds is 6. The highest BCUT2D eigenvalue weighted by atomic mass is 19.1. The van der Waals surface area contributed by atoms with Crippen LogP contribution in [0.25, 0.3) is 11.3 Å². The van der Waals surface area contributed by atoms with E-state index in [0.29, 0.717) is 36.1 Å². The van der Waals surface area contributed by atoms with Crippen LogP contribution >= 0.6 is 0 Å². The molecule has 1 atom stereocenters. The van der Waals surface area contributed by atoms with Crippen molar-refractivity contribution in [3.63, 3.8) is 0 Å². The largest absolute Gasteiger partial charge is 0.474 e. The lowest BCUT2D eigenvalue weighted by molar-refractivity contribution is 0.115. The minimum atomic E-state index is -0.541. The van der Waals surface area contributed by atoms with Crippen molar-refractivity contribution < 1.29 is 13.5 Å². The average Bonchev–Trinajstić information content (AvgIpc) is 3.04. The van der Waals surface area contributed by atoms with Gasteiger partial charge in [0.1, 0.15) is 23.4 Å². The normalized spacial score (nSPS) is 19.3. The zero-order valence-electron chi connectivity index (χ0n) is 17.2. The first-order valence-corrected chi connectivity index (χ1v) is 10.4. The lowest BCUT2D eigenvalue weighted by Crippen LogP contribution is -2.25. The molecule has 1 saturated carbocycles. The van der Waals surface area contributed by atoms with Crippen LogP contribution in [-0.2, 0) is 0 Å². The fourth-order valence-corrected chi connectivity index (χ4v) is 4.21. The minimum absolute atomic E-state index is 0.0663. The first-order valence-electron chi connectivity index (χ1n) is 10.4. The van der Waals surface area contributed by atoms with E-state index in [0.717, 1.165) is 36.8 Å². The maximum absolute atomic E-state index is 15.0. The fourth-order valence-electron chi connectivity index (χ4n) is 4.21. The second kappa shape index (κ2) is 8.13. The molecule has 0 bridgehead atoms. The van der Waals surface area contributed by atoms with Gasteiger partial charge in [-0.15, -0.1) is 6.58 Å². The van der Waals surface area contributed by atoms with Crippen LogP contribution in [0.15, 0.2) is 36.4 Å². The van der Waals surface area contributed by atoms with Crippen molar-refractivity contribution >= 4 is 5.69 Å². The molecule has 0 amide bonds. The monoisotopic (exact) mass is 398 g/mol. The molecule has 1 aliphatic heterocycles. The number of halogens is 2. The van der Waals surface area contributed by atoms with Crippen molar-refractivity contribution in [2.24, 2.45) is 5.92 Å². The highest BCUT2D eigenvalue weighted by molar-refractivity contribution is 5.65. The summed E-state index contributed by atoms with van der Waals surface area (Å²) in [7, 11) is 0. The Labute approximate surface area is 171 Å². The Morgan fingerprint density at radius 3 is 2.52 bits per heavy atom. The maximum atomic E-state index is 15.0. The third-order valence-corrected chi connectivity index (χ3v) is 5.84. The number of benzene rings is 1. The van der Waals surface area contributed by atoms with Gasteiger partial charge in [-0.2, -0.15) is 0 Å². The van der Waals surface area contributed by atoms with Crippen LogP contribution in [-0.4, -0.2) is 24.2 Å². The van der Waals surface area contributed by atoms with Crippen molar-refractivity contribution in [2.75, 3.05) is 18.0 Å². The van der Waals surface area contributed by atoms with E-state index in [4.69, 9.17) is 4.74 Å². The third kappa shape index (κ3) is 4.44. The number of allylic oxidation sites excluding steroid dienone is 1. The lowest BCUT2D eigenvalue weighted by atomic mass is 9.96. The van der Waals surface area contributed by atoms with Gasteiger partial charge in [-0.05, 0) is 75.6 Å². The maximum Gasteiger partial charge on any atom is 0.214 e. The molecule has 2 aliphatic rings. The summed E-state index contributed by atoms with van der Waals surface area (Å²) < 4.78 is 35.8. The molecular weight excluding hydrogens is 370 g/mol. The summed E-state index contributed by atoms with van der Waals surface area (Å²) in [5, 5.41) is 0. The topological polar surface area (TPSA) is 25.4 Å². The van der Waals surface area contributed by atoms with Gasteiger partial charge in [0.05, 0.1) is 5.69 Å². The lowest BCUT2D eigenvalue weighted by Gasteiger charge is -2.26. The summed E-state index contributed by atoms with van der Waals surface area (Å²) in [4.78, 5) is 6.32. The van der Waals surface area contributed by atoms with Gasteiger partial charge in [-0.25, -0.2) is 13.8 Å². The molecule has 2 fully saturated rings. The number of ether oxygens (including phenoxy) is 1. The molecule has 1 aliphatic carbocycles. The quantitative estimate of drug-likeness (QED) is 0.553. The van der Waals surface area contributed by atoms with Crippen LogP contribution in [0.5, 0.6) is 5.88 Å². The van der Waals surface area contributed by atoms with Gasteiger partial charge in [0, 0.05) is 24.7 Å². The van der Waals surface area contributed by atoms with E-state index < -0.39 is 11.6 Å². The molecule has 0 radical (unpaired) electrons. The van der Waals surface area contributed by atoms with Crippen LogP contribution in [0.3, 0.4) is 0 Å². The van der Waals surface area contributed by atoms with Crippen LogP contribution < -0.4 is 9.64 Å². The Balaban J connectivity index is 1.58. The highest BCUT2D eigenvalue weighted by Crippen LogP contribution is 2.35. The zero-order valence-corrected chi connectivity index (χ0v) is 17.2. The number of anilines is 1. The summed E-state index contributed by atoms with van der Waals surface area (Å²) >= 11 is 0. The molecule has 3 nitrogen and oxygen atoms in total. The molecule has 4 rings (SSSR count). The van der Waals surface area contributed by atoms with Gasteiger partial charge in [-0.3, -0.25) is 0 Å². The Hall–Kier alpha value is -2.43. The van der Waals surface area contributed by atoms with Crippen LogP contribution in [0, 0.1) is 24.5 Å². The second-order valence-electron chi connectivity index (χ2n) is 8.59. The molecule has 2 aromatic rings. The SMILES string of the molecule is C=C(C)CC1CCN(c2c(F)cc(-c3cc(C)cc(OC4CCC4)n3)cc2F)C1. The minimum Gasteiger partial charge on any atom is -0.474 e. The van der Waals surface area contributed by atoms with Gasteiger partial charge in [0.25, 0.3) is 0 Å². The van der Waals surface area contributed by atoms with Gasteiger partial charge in [-0.1, -0.05) is 5.57 Å². The van der Waals surface area contributed by atoms with E-state index in [1.807, 2.05) is 30.9 Å². The standard InChI is InChI=1S/C24H28F2N2O/c1-15(2)9-17-7-8-28(14-17)24-20(25)12-18(13-21(24)26)22-10-16(3)11-23(27-22)29-19-5-4-6-19/h10-13,17,19H,1,4-9,14H2,2-3H3. The van der Waals surface area contributed by atoms with E-state index in [2.05, 4.69) is 11.6 Å². The smallest absolute Gasteiger partial charge is 0.214 e. The summed E-state index contributed by atoms with van der Waals surface area (Å²) in [5.74, 6) is -0.158. The van der Waals surface area contributed by atoms with Crippen LogP contribution in [0.2, 0.25) is 0 Å². The summed E-state index contributed by atoms with van der Waals surface area (Å²) in [6.45, 7) is 9.20. The van der Waals surface area contributed by atoms with E-state index in [1.165, 1.54) is 18.6 Å². The molecule has 0 spiro atoms. The number of nitrogens with zero attached hydrogens (tertiary/aromatic N) is 2. The van der Waals surface area contributed by atoms with Crippen LogP contribution in [0.4, 0.5) is 14.5 Å². The van der Waals surface area contributed by atoms with E-state index >= 15 is 0 Å². The number of aryl methyl sites for hydroxylation is 1. The van der Waals surface area contributed by atoms with Crippen LogP contribution in [0.1, 0.15) is 44.6 Å². The Kier molecular flexibility index (Phi) is 5.57. The fraction of sp³-hybridized carbons (Fsp3) is 0.458. The summed E-state index contributed by atoms with van der Waals surface area (Å²) in [6.07, 6.45) is 5.26. The van der Waals surface area contributed by atoms with Gasteiger partial charge in [0.15, 0.2) is 0 Å². The van der Waals surface area contributed by atoms with Crippen molar-refractivity contribution in [1.29, 1.82) is 0 Å². The Morgan fingerprint density at radius 1 is 1.17 bits per heavy atom. The van der Waals surface area contributed by atoms with Crippen molar-refractivity contribution in [3.8, 4) is 17.1 Å². The zero-order chi connectivity index (χ0) is 20.5. The number of aromatic nitrogens is 1. The van der Waals surface area contributed by atoms with Crippen molar-refractivity contribution in [2.45, 2.75) is 52.1 Å². The van der Waals surface area contributed by atoms with E-state index in [9.17, 15) is 8.78 Å². The Bertz CT molecular complexity index is 900. The summed E-state index contributed by atoms with van der Waals surface area (Å²) in [5.41, 5.74) is 3.10. The molecule has 154 valence electrons. The number of hydrogen-bond acceptors (Lipinski definition) is 3. The second-order valence-corrected chi connectivity index (χ2v) is 8.59. The third-order valence-electron chi connectivity index (χ3n) is 5.84. The van der Waals surface area contributed by atoms with Crippen molar-refractivity contribution in [3.05, 3.63) is 53.6 Å². The van der Waals surface area contributed by atoms with Crippen molar-refractivity contribution in [1.82, 2.24) is 4.98 Å². The molecule has 2 heterocycles. The molecule has 5 heteroatoms. The summed E-state index contributed by atoms with van der Waals surface area (Å²) in [6, 6.07) is 6.48. The molecule has 0 N–H and O–H groups in total. The Morgan fingerprint density at radius 2 is 1.90 bits per heavy atom. The molecular formula is C24H28F2N2O. The van der Waals surface area contributed by atoms with Gasteiger partial charge in [0.2, 0.25) is 5.88 Å². The van der Waals surface area contributed by atoms with E-state index in [-0.39, 0.29) is 11.8 Å². The predicted octanol–water partition coefficient (Wildman–Crippen LogP) is 6.06. The highest BCUT2D eigenvalue weighted by Gasteiger charge is 2.27. The molecule has 1 aromatic heterocycles. The molecule has 1 saturated heterocycles. The first kappa shape index (κ1) is 19.9. The molecule has 29 heavy (non-hydrogen) atoms.